The van der Waals surface area contributed by atoms with Crippen molar-refractivity contribution in [2.45, 2.75) is 50.6 Å². The molecule has 1 aromatic carbocycles. The summed E-state index contributed by atoms with van der Waals surface area (Å²) in [5.41, 5.74) is 1.16. The highest BCUT2D eigenvalue weighted by Crippen LogP contribution is 2.31. The maximum atomic E-state index is 11.7. The van der Waals surface area contributed by atoms with Crippen LogP contribution in [0.5, 0.6) is 5.75 Å². The molecule has 0 spiro atoms. The van der Waals surface area contributed by atoms with Crippen LogP contribution in [0.2, 0.25) is 0 Å². The predicted octanol–water partition coefficient (Wildman–Crippen LogP) is 3.04. The summed E-state index contributed by atoms with van der Waals surface area (Å²) in [4.78, 5) is 4.79. The number of nitrogens with one attached hydrogen (secondary N) is 2. The normalized spacial score (nSPS) is 26.8. The molecule has 2 aliphatic heterocycles. The topological polar surface area (TPSA) is 79.8 Å². The van der Waals surface area contributed by atoms with Gasteiger partial charge in [0.25, 0.3) is 0 Å². The first kappa shape index (κ1) is 21.7. The number of rotatable bonds is 4. The second-order valence-electron chi connectivity index (χ2n) is 7.96. The van der Waals surface area contributed by atoms with E-state index in [1.807, 2.05) is 18.2 Å². The van der Waals surface area contributed by atoms with Gasteiger partial charge in [0, 0.05) is 24.6 Å². The Balaban J connectivity index is 0.00000225. The highest BCUT2D eigenvalue weighted by molar-refractivity contribution is 14.0. The summed E-state index contributed by atoms with van der Waals surface area (Å²) in [7, 11) is -2.86. The van der Waals surface area contributed by atoms with Crippen molar-refractivity contribution in [3.8, 4) is 5.75 Å². The third-order valence-electron chi connectivity index (χ3n) is 5.80. The monoisotopic (exact) mass is 519 g/mol. The third-order valence-corrected chi connectivity index (χ3v) is 7.64. The van der Waals surface area contributed by atoms with Crippen molar-refractivity contribution >= 4 is 39.8 Å². The fraction of sp³-hybridized carbons (Fsp3) is 0.650. The molecule has 2 unspecified atom stereocenters. The Morgan fingerprint density at radius 1 is 1.11 bits per heavy atom. The fourth-order valence-corrected chi connectivity index (χ4v) is 6.14. The maximum absolute atomic E-state index is 11.7. The van der Waals surface area contributed by atoms with E-state index >= 15 is 0 Å². The molecule has 0 aromatic heterocycles. The lowest BCUT2D eigenvalue weighted by molar-refractivity contribution is 0.261. The maximum Gasteiger partial charge on any atom is 0.191 e. The Bertz CT molecular complexity index is 794. The van der Waals surface area contributed by atoms with Crippen LogP contribution in [0.25, 0.3) is 0 Å². The number of nitrogens with zero attached hydrogens (tertiary/aromatic N) is 1. The van der Waals surface area contributed by atoms with E-state index in [-0.39, 0.29) is 41.7 Å². The number of benzene rings is 1. The van der Waals surface area contributed by atoms with Crippen LogP contribution in [0.4, 0.5) is 0 Å². The second-order valence-corrected chi connectivity index (χ2v) is 10.2. The average Bonchev–Trinajstić information content (AvgIpc) is 3.29. The molecule has 1 saturated carbocycles. The van der Waals surface area contributed by atoms with Crippen molar-refractivity contribution in [1.82, 2.24) is 10.6 Å². The Morgan fingerprint density at radius 3 is 2.64 bits per heavy atom. The van der Waals surface area contributed by atoms with Gasteiger partial charge in [0.05, 0.1) is 24.2 Å². The van der Waals surface area contributed by atoms with Crippen molar-refractivity contribution in [3.63, 3.8) is 0 Å². The first-order valence-electron chi connectivity index (χ1n) is 10.1. The summed E-state index contributed by atoms with van der Waals surface area (Å²) in [6.07, 6.45) is 6.46. The number of ether oxygens (including phenoxy) is 1. The number of guanidine groups is 1. The lowest BCUT2D eigenvalue weighted by atomic mass is 10.0. The van der Waals surface area contributed by atoms with Gasteiger partial charge in [-0.3, -0.25) is 4.99 Å². The molecule has 28 heavy (non-hydrogen) atoms. The van der Waals surface area contributed by atoms with E-state index in [1.54, 1.807) is 0 Å². The molecule has 0 radical (unpaired) electrons. The van der Waals surface area contributed by atoms with E-state index in [9.17, 15) is 8.42 Å². The minimum Gasteiger partial charge on any atom is -0.493 e. The van der Waals surface area contributed by atoms with Crippen molar-refractivity contribution in [2.24, 2.45) is 10.9 Å². The Labute approximate surface area is 184 Å². The molecule has 6 nitrogen and oxygen atoms in total. The molecule has 1 saturated heterocycles. The van der Waals surface area contributed by atoms with E-state index in [0.29, 0.717) is 24.9 Å². The minimum absolute atomic E-state index is 0. The summed E-state index contributed by atoms with van der Waals surface area (Å²) in [6, 6.07) is 8.75. The van der Waals surface area contributed by atoms with Gasteiger partial charge >= 0.3 is 0 Å². The van der Waals surface area contributed by atoms with Crippen LogP contribution in [0.15, 0.2) is 29.3 Å². The summed E-state index contributed by atoms with van der Waals surface area (Å²) in [5.74, 6) is 2.46. The smallest absolute Gasteiger partial charge is 0.191 e. The number of fused-ring (bicyclic) bond motifs is 1. The van der Waals surface area contributed by atoms with Crippen molar-refractivity contribution in [1.29, 1.82) is 0 Å². The Hall–Kier alpha value is -1.03. The van der Waals surface area contributed by atoms with Crippen LogP contribution in [0, 0.1) is 5.92 Å². The van der Waals surface area contributed by atoms with E-state index < -0.39 is 9.84 Å². The summed E-state index contributed by atoms with van der Waals surface area (Å²) >= 11 is 0. The van der Waals surface area contributed by atoms with Gasteiger partial charge in [-0.2, -0.15) is 0 Å². The average molecular weight is 519 g/mol. The molecule has 4 rings (SSSR count). The zero-order valence-electron chi connectivity index (χ0n) is 16.1. The molecule has 156 valence electrons. The highest BCUT2D eigenvalue weighted by Gasteiger charge is 2.28. The van der Waals surface area contributed by atoms with E-state index in [0.717, 1.165) is 30.1 Å². The van der Waals surface area contributed by atoms with E-state index in [2.05, 4.69) is 16.7 Å². The molecule has 2 atom stereocenters. The number of sulfone groups is 1. The second kappa shape index (κ2) is 9.65. The van der Waals surface area contributed by atoms with Gasteiger partial charge in [-0.15, -0.1) is 24.0 Å². The van der Waals surface area contributed by atoms with Crippen LogP contribution < -0.4 is 15.4 Å². The predicted molar refractivity (Wildman–Crippen MR) is 122 cm³/mol. The van der Waals surface area contributed by atoms with Gasteiger partial charge in [0.2, 0.25) is 0 Å². The molecule has 0 bridgehead atoms. The molecular formula is C20H30IN3O3S. The Kier molecular flexibility index (Phi) is 7.47. The van der Waals surface area contributed by atoms with Crippen LogP contribution in [0.1, 0.15) is 50.1 Å². The van der Waals surface area contributed by atoms with Gasteiger partial charge in [-0.05, 0) is 31.2 Å². The number of hydrogen-bond acceptors (Lipinski definition) is 4. The lowest BCUT2D eigenvalue weighted by Crippen LogP contribution is -2.45. The standard InChI is InChI=1S/C20H29N3O3S.HI/c24-27(25)12-10-15(14-27)13-21-20(22-16-5-1-2-6-16)23-18-9-11-26-19-8-4-3-7-17(18)19;/h3-4,7-8,15-16,18H,1-2,5-6,9-14H2,(H2,21,22,23);1H. The van der Waals surface area contributed by atoms with Gasteiger partial charge < -0.3 is 15.4 Å². The largest absolute Gasteiger partial charge is 0.493 e. The number of hydrogen-bond donors (Lipinski definition) is 2. The molecule has 1 aliphatic carbocycles. The van der Waals surface area contributed by atoms with Gasteiger partial charge in [-0.25, -0.2) is 8.42 Å². The van der Waals surface area contributed by atoms with Crippen LogP contribution in [0.3, 0.4) is 0 Å². The van der Waals surface area contributed by atoms with E-state index in [1.165, 1.54) is 25.7 Å². The number of halogens is 1. The van der Waals surface area contributed by atoms with E-state index in [4.69, 9.17) is 9.73 Å². The first-order chi connectivity index (χ1) is 13.1. The van der Waals surface area contributed by atoms with Gasteiger partial charge in [0.1, 0.15) is 5.75 Å². The number of aliphatic imine (C=N–C) groups is 1. The summed E-state index contributed by atoms with van der Waals surface area (Å²) in [5, 5.41) is 7.18. The molecule has 0 amide bonds. The van der Waals surface area contributed by atoms with Crippen molar-refractivity contribution in [2.75, 3.05) is 24.7 Å². The Morgan fingerprint density at radius 2 is 1.89 bits per heavy atom. The molecule has 1 aromatic rings. The fourth-order valence-electron chi connectivity index (χ4n) is 4.29. The minimum atomic E-state index is -2.86. The van der Waals surface area contributed by atoms with Crippen LogP contribution >= 0.6 is 24.0 Å². The quantitative estimate of drug-likeness (QED) is 0.363. The molecule has 2 fully saturated rings. The SMILES string of the molecule is I.O=S1(=O)CCC(CN=C(NC2CCCC2)NC2CCOc3ccccc32)C1. The zero-order chi connectivity index (χ0) is 18.7. The molecule has 8 heteroatoms. The van der Waals surface area contributed by atoms with Crippen LogP contribution in [-0.2, 0) is 9.84 Å². The molecule has 2 heterocycles. The first-order valence-corrected chi connectivity index (χ1v) is 11.9. The summed E-state index contributed by atoms with van der Waals surface area (Å²) in [6.45, 7) is 1.25. The van der Waals surface area contributed by atoms with Gasteiger partial charge in [0.15, 0.2) is 15.8 Å². The highest BCUT2D eigenvalue weighted by atomic mass is 127. The van der Waals surface area contributed by atoms with Crippen molar-refractivity contribution < 1.29 is 13.2 Å². The lowest BCUT2D eigenvalue weighted by Gasteiger charge is -2.29. The number of para-hydroxylation sites is 1. The molecule has 2 N–H and O–H groups in total. The molecular weight excluding hydrogens is 489 g/mol. The van der Waals surface area contributed by atoms with Crippen LogP contribution in [-0.4, -0.2) is 45.1 Å². The summed E-state index contributed by atoms with van der Waals surface area (Å²) < 4.78 is 29.2. The van der Waals surface area contributed by atoms with Gasteiger partial charge in [-0.1, -0.05) is 31.0 Å². The zero-order valence-corrected chi connectivity index (χ0v) is 19.2. The molecule has 3 aliphatic rings. The van der Waals surface area contributed by atoms with Crippen molar-refractivity contribution in [3.05, 3.63) is 29.8 Å². The third kappa shape index (κ3) is 5.52.